The van der Waals surface area contributed by atoms with Gasteiger partial charge in [-0.25, -0.2) is 9.97 Å². The lowest BCUT2D eigenvalue weighted by Gasteiger charge is -2.19. The molecule has 2 saturated heterocycles. The standard InChI is InChI=1S/C18H30N4O/c1-2-5-10-22(9-4-1)11-6-3-8-19-18-13-17(20-15-21-18)16-7-12-23-14-16/h13,15-16H,1-12,14H2,(H,19,20,21)/t16-/m1/s1. The molecule has 3 heterocycles. The summed E-state index contributed by atoms with van der Waals surface area (Å²) in [4.78, 5) is 11.4. The molecule has 1 atom stereocenters. The van der Waals surface area contributed by atoms with E-state index in [9.17, 15) is 0 Å². The van der Waals surface area contributed by atoms with Crippen molar-refractivity contribution in [3.63, 3.8) is 0 Å². The number of hydrogen-bond acceptors (Lipinski definition) is 5. The predicted molar refractivity (Wildman–Crippen MR) is 92.8 cm³/mol. The van der Waals surface area contributed by atoms with Crippen LogP contribution in [-0.2, 0) is 4.74 Å². The largest absolute Gasteiger partial charge is 0.381 e. The third-order valence-electron chi connectivity index (χ3n) is 4.94. The monoisotopic (exact) mass is 318 g/mol. The zero-order valence-corrected chi connectivity index (χ0v) is 14.2. The van der Waals surface area contributed by atoms with E-state index < -0.39 is 0 Å². The Morgan fingerprint density at radius 2 is 2.00 bits per heavy atom. The maximum absolute atomic E-state index is 5.45. The van der Waals surface area contributed by atoms with E-state index in [0.717, 1.165) is 37.7 Å². The summed E-state index contributed by atoms with van der Waals surface area (Å²) in [5.74, 6) is 1.40. The summed E-state index contributed by atoms with van der Waals surface area (Å²) in [5, 5.41) is 3.45. The average Bonchev–Trinajstić information content (AvgIpc) is 3.00. The van der Waals surface area contributed by atoms with Gasteiger partial charge in [0.05, 0.1) is 12.3 Å². The molecule has 0 aliphatic carbocycles. The molecule has 2 aliphatic heterocycles. The minimum absolute atomic E-state index is 0.446. The van der Waals surface area contributed by atoms with Gasteiger partial charge in [0.25, 0.3) is 0 Å². The molecule has 1 aromatic rings. The molecule has 2 aliphatic rings. The topological polar surface area (TPSA) is 50.3 Å². The van der Waals surface area contributed by atoms with Gasteiger partial charge < -0.3 is 15.0 Å². The molecule has 0 radical (unpaired) electrons. The molecule has 1 N–H and O–H groups in total. The number of anilines is 1. The molecule has 23 heavy (non-hydrogen) atoms. The summed E-state index contributed by atoms with van der Waals surface area (Å²) in [7, 11) is 0. The van der Waals surface area contributed by atoms with Crippen molar-refractivity contribution in [2.75, 3.05) is 44.7 Å². The first kappa shape index (κ1) is 16.7. The van der Waals surface area contributed by atoms with E-state index in [2.05, 4.69) is 26.3 Å². The molecule has 0 aromatic carbocycles. The van der Waals surface area contributed by atoms with Crippen LogP contribution in [0.3, 0.4) is 0 Å². The highest BCUT2D eigenvalue weighted by Gasteiger charge is 2.19. The number of nitrogens with one attached hydrogen (secondary N) is 1. The number of unbranched alkanes of at least 4 members (excludes halogenated alkanes) is 1. The summed E-state index contributed by atoms with van der Waals surface area (Å²) < 4.78 is 5.45. The van der Waals surface area contributed by atoms with E-state index in [-0.39, 0.29) is 0 Å². The van der Waals surface area contributed by atoms with Crippen molar-refractivity contribution >= 4 is 5.82 Å². The lowest BCUT2D eigenvalue weighted by molar-refractivity contribution is 0.193. The molecule has 5 heteroatoms. The van der Waals surface area contributed by atoms with Crippen molar-refractivity contribution in [3.8, 4) is 0 Å². The van der Waals surface area contributed by atoms with Crippen LogP contribution in [0.5, 0.6) is 0 Å². The molecule has 5 nitrogen and oxygen atoms in total. The van der Waals surface area contributed by atoms with Crippen LogP contribution in [0.4, 0.5) is 5.82 Å². The van der Waals surface area contributed by atoms with Gasteiger partial charge in [0.1, 0.15) is 12.1 Å². The van der Waals surface area contributed by atoms with Crippen molar-refractivity contribution in [1.29, 1.82) is 0 Å². The number of rotatable bonds is 7. The van der Waals surface area contributed by atoms with E-state index in [1.807, 2.05) is 0 Å². The van der Waals surface area contributed by atoms with Gasteiger partial charge in [-0.15, -0.1) is 0 Å². The fraction of sp³-hybridized carbons (Fsp3) is 0.778. The minimum Gasteiger partial charge on any atom is -0.381 e. The summed E-state index contributed by atoms with van der Waals surface area (Å²) in [6.45, 7) is 6.49. The molecular formula is C18H30N4O. The third kappa shape index (κ3) is 5.43. The molecular weight excluding hydrogens is 288 g/mol. The zero-order valence-electron chi connectivity index (χ0n) is 14.2. The van der Waals surface area contributed by atoms with Crippen molar-refractivity contribution in [1.82, 2.24) is 14.9 Å². The van der Waals surface area contributed by atoms with Crippen molar-refractivity contribution in [3.05, 3.63) is 18.1 Å². The van der Waals surface area contributed by atoms with Gasteiger partial charge in [0.2, 0.25) is 0 Å². The number of aromatic nitrogens is 2. The van der Waals surface area contributed by atoms with Crippen LogP contribution < -0.4 is 5.32 Å². The summed E-state index contributed by atoms with van der Waals surface area (Å²) >= 11 is 0. The van der Waals surface area contributed by atoms with Gasteiger partial charge >= 0.3 is 0 Å². The molecule has 2 fully saturated rings. The lowest BCUT2D eigenvalue weighted by atomic mass is 10.1. The lowest BCUT2D eigenvalue weighted by Crippen LogP contribution is -2.26. The second-order valence-corrected chi connectivity index (χ2v) is 6.78. The first-order valence-electron chi connectivity index (χ1n) is 9.28. The normalized spacial score (nSPS) is 22.9. The highest BCUT2D eigenvalue weighted by molar-refractivity contribution is 5.35. The van der Waals surface area contributed by atoms with Crippen molar-refractivity contribution < 1.29 is 4.74 Å². The zero-order chi connectivity index (χ0) is 15.7. The fourth-order valence-corrected chi connectivity index (χ4v) is 3.50. The van der Waals surface area contributed by atoms with Gasteiger partial charge in [0, 0.05) is 25.1 Å². The smallest absolute Gasteiger partial charge is 0.129 e. The van der Waals surface area contributed by atoms with Gasteiger partial charge in [-0.05, 0) is 51.7 Å². The Bertz CT molecular complexity index is 454. The Morgan fingerprint density at radius 1 is 1.13 bits per heavy atom. The van der Waals surface area contributed by atoms with E-state index in [1.165, 1.54) is 58.2 Å². The molecule has 0 spiro atoms. The Hall–Kier alpha value is -1.20. The molecule has 0 unspecified atom stereocenters. The van der Waals surface area contributed by atoms with E-state index >= 15 is 0 Å². The SMILES string of the molecule is c1nc(NCCCCN2CCCCCC2)cc([C@@H]2CCOC2)n1. The Labute approximate surface area is 139 Å². The first-order chi connectivity index (χ1) is 11.4. The van der Waals surface area contributed by atoms with Crippen LogP contribution in [0, 0.1) is 0 Å². The van der Waals surface area contributed by atoms with Crippen LogP contribution in [0.25, 0.3) is 0 Å². The minimum atomic E-state index is 0.446. The molecule has 1 aromatic heterocycles. The van der Waals surface area contributed by atoms with Crippen LogP contribution in [-0.4, -0.2) is 54.3 Å². The average molecular weight is 318 g/mol. The highest BCUT2D eigenvalue weighted by atomic mass is 16.5. The molecule has 0 saturated carbocycles. The number of hydrogen-bond donors (Lipinski definition) is 1. The van der Waals surface area contributed by atoms with Crippen LogP contribution in [0.1, 0.15) is 56.6 Å². The quantitative estimate of drug-likeness (QED) is 0.783. The summed E-state index contributed by atoms with van der Waals surface area (Å²) in [6.07, 6.45) is 10.8. The fourth-order valence-electron chi connectivity index (χ4n) is 3.50. The van der Waals surface area contributed by atoms with E-state index in [1.54, 1.807) is 6.33 Å². The number of likely N-dealkylation sites (tertiary alicyclic amines) is 1. The Kier molecular flexibility index (Phi) is 6.65. The maximum atomic E-state index is 5.45. The van der Waals surface area contributed by atoms with Crippen molar-refractivity contribution in [2.45, 2.75) is 50.9 Å². The third-order valence-corrected chi connectivity index (χ3v) is 4.94. The van der Waals surface area contributed by atoms with E-state index in [0.29, 0.717) is 5.92 Å². The van der Waals surface area contributed by atoms with Crippen LogP contribution in [0.2, 0.25) is 0 Å². The molecule has 0 amide bonds. The Balaban J connectivity index is 1.34. The number of ether oxygens (including phenoxy) is 1. The number of nitrogens with zero attached hydrogens (tertiary/aromatic N) is 3. The molecule has 3 rings (SSSR count). The highest BCUT2D eigenvalue weighted by Crippen LogP contribution is 2.24. The maximum Gasteiger partial charge on any atom is 0.129 e. The second kappa shape index (κ2) is 9.18. The van der Waals surface area contributed by atoms with E-state index in [4.69, 9.17) is 4.74 Å². The van der Waals surface area contributed by atoms with Crippen molar-refractivity contribution in [2.24, 2.45) is 0 Å². The van der Waals surface area contributed by atoms with Crippen LogP contribution in [0.15, 0.2) is 12.4 Å². The van der Waals surface area contributed by atoms with Gasteiger partial charge in [-0.1, -0.05) is 12.8 Å². The second-order valence-electron chi connectivity index (χ2n) is 6.78. The molecule has 128 valence electrons. The van der Waals surface area contributed by atoms with Gasteiger partial charge in [-0.2, -0.15) is 0 Å². The van der Waals surface area contributed by atoms with Gasteiger partial charge in [0.15, 0.2) is 0 Å². The Morgan fingerprint density at radius 3 is 2.78 bits per heavy atom. The first-order valence-corrected chi connectivity index (χ1v) is 9.28. The van der Waals surface area contributed by atoms with Gasteiger partial charge in [-0.3, -0.25) is 0 Å². The summed E-state index contributed by atoms with van der Waals surface area (Å²) in [6, 6.07) is 2.09. The van der Waals surface area contributed by atoms with Crippen LogP contribution >= 0.6 is 0 Å². The summed E-state index contributed by atoms with van der Waals surface area (Å²) in [5.41, 5.74) is 1.12. The predicted octanol–water partition coefficient (Wildman–Crippen LogP) is 3.05. The molecule has 0 bridgehead atoms.